The first kappa shape index (κ1) is 16.7. The number of H-pyrrole nitrogens is 1. The molecule has 7 nitrogen and oxygen atoms in total. The number of aromatic carboxylic acids is 1. The summed E-state index contributed by atoms with van der Waals surface area (Å²) < 4.78 is 16.0. The number of carboxylic acids is 1. The van der Waals surface area contributed by atoms with E-state index < -0.39 is 12.6 Å². The minimum absolute atomic E-state index is 0.0446. The fourth-order valence-corrected chi connectivity index (χ4v) is 2.68. The highest BCUT2D eigenvalue weighted by Gasteiger charge is 2.25. The third kappa shape index (κ3) is 2.70. The van der Waals surface area contributed by atoms with Crippen molar-refractivity contribution in [2.75, 3.05) is 21.3 Å². The fourth-order valence-electron chi connectivity index (χ4n) is 2.68. The lowest BCUT2D eigenvalue weighted by atomic mass is 9.99. The van der Waals surface area contributed by atoms with Gasteiger partial charge in [0.05, 0.1) is 27.9 Å². The van der Waals surface area contributed by atoms with Crippen LogP contribution < -0.4 is 14.2 Å². The molecule has 7 heteroatoms. The monoisotopic (exact) mass is 321 g/mol. The number of aryl methyl sites for hydroxylation is 1. The van der Waals surface area contributed by atoms with E-state index in [0.29, 0.717) is 39.6 Å². The first-order valence-corrected chi connectivity index (χ1v) is 6.85. The number of rotatable bonds is 6. The maximum atomic E-state index is 11.3. The molecule has 0 spiro atoms. The molecule has 1 aromatic heterocycles. The Labute approximate surface area is 133 Å². The van der Waals surface area contributed by atoms with Crippen LogP contribution in [0.25, 0.3) is 11.1 Å². The largest absolute Gasteiger partial charge is 0.493 e. The first-order valence-electron chi connectivity index (χ1n) is 6.85. The summed E-state index contributed by atoms with van der Waals surface area (Å²) in [4.78, 5) is 14.1. The van der Waals surface area contributed by atoms with Gasteiger partial charge in [0.1, 0.15) is 5.69 Å². The number of carboxylic acid groups (broad SMARTS) is 1. The molecular formula is C16H19NO6. The van der Waals surface area contributed by atoms with Crippen molar-refractivity contribution in [1.82, 2.24) is 4.98 Å². The van der Waals surface area contributed by atoms with Gasteiger partial charge in [0.2, 0.25) is 5.75 Å². The number of hydrogen-bond acceptors (Lipinski definition) is 5. The molecule has 124 valence electrons. The number of nitrogens with one attached hydrogen (secondary N) is 1. The average molecular weight is 321 g/mol. The smallest absolute Gasteiger partial charge is 0.352 e. The minimum atomic E-state index is -1.14. The van der Waals surface area contributed by atoms with Crippen LogP contribution in [0, 0.1) is 6.92 Å². The van der Waals surface area contributed by atoms with E-state index >= 15 is 0 Å². The molecule has 0 aliphatic heterocycles. The topological polar surface area (TPSA) is 101 Å². The van der Waals surface area contributed by atoms with E-state index in [4.69, 9.17) is 14.2 Å². The predicted molar refractivity (Wildman–Crippen MR) is 83.5 cm³/mol. The number of aliphatic hydroxyl groups is 1. The summed E-state index contributed by atoms with van der Waals surface area (Å²) in [5.41, 5.74) is 2.03. The number of methoxy groups -OCH3 is 3. The summed E-state index contributed by atoms with van der Waals surface area (Å²) in [6, 6.07) is 3.44. The van der Waals surface area contributed by atoms with Crippen LogP contribution in [0.4, 0.5) is 0 Å². The first-order chi connectivity index (χ1) is 11.0. The SMILES string of the molecule is COc1ccc(-c2c(C)[nH]c(C(=O)O)c2CO)c(OC)c1OC. The number of benzene rings is 1. The Hall–Kier alpha value is -2.67. The van der Waals surface area contributed by atoms with E-state index in [1.807, 2.05) is 0 Å². The van der Waals surface area contributed by atoms with Gasteiger partial charge in [0.25, 0.3) is 0 Å². The zero-order valence-corrected chi connectivity index (χ0v) is 13.4. The molecule has 0 unspecified atom stereocenters. The van der Waals surface area contributed by atoms with Crippen molar-refractivity contribution in [2.24, 2.45) is 0 Å². The van der Waals surface area contributed by atoms with Crippen molar-refractivity contribution < 1.29 is 29.2 Å². The van der Waals surface area contributed by atoms with Crippen molar-refractivity contribution in [3.8, 4) is 28.4 Å². The van der Waals surface area contributed by atoms with Crippen LogP contribution in [-0.4, -0.2) is 42.5 Å². The second-order valence-corrected chi connectivity index (χ2v) is 4.82. The van der Waals surface area contributed by atoms with Gasteiger partial charge in [-0.15, -0.1) is 0 Å². The maximum absolute atomic E-state index is 11.3. The second-order valence-electron chi connectivity index (χ2n) is 4.82. The number of aromatic nitrogens is 1. The third-order valence-electron chi connectivity index (χ3n) is 3.64. The predicted octanol–water partition coefficient (Wildman–Crippen LogP) is 2.21. The standard InChI is InChI=1S/C16H19NO6/c1-8-12(10(7-18)13(17-8)16(19)20)9-5-6-11(21-2)15(23-4)14(9)22-3/h5-6,17-18H,7H2,1-4H3,(H,19,20). The molecule has 0 saturated carbocycles. The van der Waals surface area contributed by atoms with Crippen molar-refractivity contribution in [1.29, 1.82) is 0 Å². The molecule has 0 fully saturated rings. The zero-order chi connectivity index (χ0) is 17.1. The minimum Gasteiger partial charge on any atom is -0.493 e. The van der Waals surface area contributed by atoms with E-state index in [0.717, 1.165) is 0 Å². The molecule has 0 aliphatic carbocycles. The number of carbonyl (C=O) groups is 1. The Morgan fingerprint density at radius 3 is 2.26 bits per heavy atom. The Balaban J connectivity index is 2.79. The van der Waals surface area contributed by atoms with Crippen LogP contribution >= 0.6 is 0 Å². The van der Waals surface area contributed by atoms with Gasteiger partial charge in [0, 0.05) is 22.4 Å². The molecule has 0 bridgehead atoms. The van der Waals surface area contributed by atoms with Crippen LogP contribution in [0.2, 0.25) is 0 Å². The quantitative estimate of drug-likeness (QED) is 0.754. The van der Waals surface area contributed by atoms with Crippen molar-refractivity contribution in [2.45, 2.75) is 13.5 Å². The summed E-state index contributed by atoms with van der Waals surface area (Å²) in [6.45, 7) is 1.32. The summed E-state index contributed by atoms with van der Waals surface area (Å²) in [6.07, 6.45) is 0. The molecule has 0 aliphatic rings. The fraction of sp³-hybridized carbons (Fsp3) is 0.312. The van der Waals surface area contributed by atoms with E-state index in [2.05, 4.69) is 4.98 Å². The van der Waals surface area contributed by atoms with Crippen molar-refractivity contribution >= 4 is 5.97 Å². The highest BCUT2D eigenvalue weighted by molar-refractivity contribution is 5.93. The Kier molecular flexibility index (Phi) is 4.80. The number of aliphatic hydroxyl groups excluding tert-OH is 1. The molecule has 0 atom stereocenters. The van der Waals surface area contributed by atoms with Crippen molar-refractivity contribution in [3.05, 3.63) is 29.1 Å². The highest BCUT2D eigenvalue weighted by Crippen LogP contribution is 2.46. The van der Waals surface area contributed by atoms with E-state index in [9.17, 15) is 15.0 Å². The molecule has 0 radical (unpaired) electrons. The van der Waals surface area contributed by atoms with Crippen LogP contribution in [0.1, 0.15) is 21.7 Å². The van der Waals surface area contributed by atoms with Crippen LogP contribution in [-0.2, 0) is 6.61 Å². The summed E-state index contributed by atoms with van der Waals surface area (Å²) in [7, 11) is 4.49. The van der Waals surface area contributed by atoms with E-state index in [1.165, 1.54) is 21.3 Å². The van der Waals surface area contributed by atoms with Gasteiger partial charge in [-0.05, 0) is 19.1 Å². The summed E-state index contributed by atoms with van der Waals surface area (Å²) >= 11 is 0. The lowest BCUT2D eigenvalue weighted by Gasteiger charge is -2.16. The molecule has 0 saturated heterocycles. The molecular weight excluding hydrogens is 302 g/mol. The van der Waals surface area contributed by atoms with Gasteiger partial charge >= 0.3 is 5.97 Å². The lowest BCUT2D eigenvalue weighted by Crippen LogP contribution is -2.02. The molecule has 2 aromatic rings. The second kappa shape index (κ2) is 6.62. The number of hydrogen-bond donors (Lipinski definition) is 3. The van der Waals surface area contributed by atoms with Gasteiger partial charge in [-0.3, -0.25) is 0 Å². The Bertz CT molecular complexity index is 735. The van der Waals surface area contributed by atoms with Gasteiger partial charge in [0.15, 0.2) is 11.5 Å². The molecule has 1 heterocycles. The molecule has 1 aromatic carbocycles. The third-order valence-corrected chi connectivity index (χ3v) is 3.64. The maximum Gasteiger partial charge on any atom is 0.352 e. The molecule has 3 N–H and O–H groups in total. The Morgan fingerprint density at radius 1 is 1.13 bits per heavy atom. The van der Waals surface area contributed by atoms with E-state index in [-0.39, 0.29) is 5.69 Å². The van der Waals surface area contributed by atoms with Gasteiger partial charge < -0.3 is 29.4 Å². The van der Waals surface area contributed by atoms with Gasteiger partial charge in [-0.2, -0.15) is 0 Å². The molecule has 2 rings (SSSR count). The number of aromatic amines is 1. The average Bonchev–Trinajstić information content (AvgIpc) is 2.89. The van der Waals surface area contributed by atoms with Crippen LogP contribution in [0.5, 0.6) is 17.2 Å². The molecule has 0 amide bonds. The lowest BCUT2D eigenvalue weighted by molar-refractivity contribution is 0.0687. The summed E-state index contributed by atoms with van der Waals surface area (Å²) in [5, 5.41) is 18.9. The van der Waals surface area contributed by atoms with E-state index in [1.54, 1.807) is 19.1 Å². The van der Waals surface area contributed by atoms with Crippen LogP contribution in [0.15, 0.2) is 12.1 Å². The van der Waals surface area contributed by atoms with Gasteiger partial charge in [-0.1, -0.05) is 0 Å². The molecule has 23 heavy (non-hydrogen) atoms. The van der Waals surface area contributed by atoms with Gasteiger partial charge in [-0.25, -0.2) is 4.79 Å². The summed E-state index contributed by atoms with van der Waals surface area (Å²) in [5.74, 6) is 0.155. The van der Waals surface area contributed by atoms with Crippen molar-refractivity contribution in [3.63, 3.8) is 0 Å². The zero-order valence-electron chi connectivity index (χ0n) is 13.4. The normalized spacial score (nSPS) is 10.5. The Morgan fingerprint density at radius 2 is 1.78 bits per heavy atom. The van der Waals surface area contributed by atoms with Crippen LogP contribution in [0.3, 0.4) is 0 Å². The number of ether oxygens (including phenoxy) is 3. The highest BCUT2D eigenvalue weighted by atomic mass is 16.5.